The summed E-state index contributed by atoms with van der Waals surface area (Å²) in [5.41, 5.74) is 0.631. The monoisotopic (exact) mass is 325 g/mol. The van der Waals surface area contributed by atoms with Crippen molar-refractivity contribution in [3.63, 3.8) is 0 Å². The van der Waals surface area contributed by atoms with Gasteiger partial charge >= 0.3 is 0 Å². The normalized spacial score (nSPS) is 14.5. The predicted octanol–water partition coefficient (Wildman–Crippen LogP) is 3.16. The molecular formula is C17H19N5O2. The summed E-state index contributed by atoms with van der Waals surface area (Å²) >= 11 is 0. The van der Waals surface area contributed by atoms with Crippen LogP contribution in [0.1, 0.15) is 44.2 Å². The van der Waals surface area contributed by atoms with E-state index < -0.39 is 0 Å². The lowest BCUT2D eigenvalue weighted by atomic mass is 10.2. The van der Waals surface area contributed by atoms with E-state index in [1.807, 2.05) is 19.1 Å². The van der Waals surface area contributed by atoms with Gasteiger partial charge in [0.25, 0.3) is 0 Å². The topological polar surface area (TPSA) is 85.3 Å². The van der Waals surface area contributed by atoms with Gasteiger partial charge in [0, 0.05) is 17.9 Å². The molecule has 3 heterocycles. The third-order valence-electron chi connectivity index (χ3n) is 4.05. The SMILES string of the molecule is Cc1nc2cc(NC(=O)C3CC3)nc(-c3ccc(C(C)C)o3)n2n1. The van der Waals surface area contributed by atoms with E-state index in [1.54, 1.807) is 10.6 Å². The van der Waals surface area contributed by atoms with Gasteiger partial charge in [-0.15, -0.1) is 5.10 Å². The molecule has 24 heavy (non-hydrogen) atoms. The molecule has 1 amide bonds. The first-order valence-electron chi connectivity index (χ1n) is 8.16. The molecular weight excluding hydrogens is 306 g/mol. The number of rotatable bonds is 4. The summed E-state index contributed by atoms with van der Waals surface area (Å²) < 4.78 is 7.55. The molecule has 0 radical (unpaired) electrons. The fraction of sp³-hybridized carbons (Fsp3) is 0.412. The van der Waals surface area contributed by atoms with E-state index in [-0.39, 0.29) is 17.7 Å². The Morgan fingerprint density at radius 1 is 1.33 bits per heavy atom. The fourth-order valence-electron chi connectivity index (χ4n) is 2.58. The number of furan rings is 1. The van der Waals surface area contributed by atoms with Gasteiger partial charge in [0.05, 0.1) is 0 Å². The number of aryl methyl sites for hydroxylation is 1. The highest BCUT2D eigenvalue weighted by molar-refractivity contribution is 5.93. The maximum Gasteiger partial charge on any atom is 0.228 e. The summed E-state index contributed by atoms with van der Waals surface area (Å²) in [6.07, 6.45) is 1.89. The highest BCUT2D eigenvalue weighted by Crippen LogP contribution is 2.31. The first-order chi connectivity index (χ1) is 11.5. The summed E-state index contributed by atoms with van der Waals surface area (Å²) in [6.45, 7) is 5.95. The molecule has 4 rings (SSSR count). The highest BCUT2D eigenvalue weighted by atomic mass is 16.3. The van der Waals surface area contributed by atoms with Gasteiger partial charge in [-0.05, 0) is 31.9 Å². The number of nitrogens with one attached hydrogen (secondary N) is 1. The number of hydrogen-bond acceptors (Lipinski definition) is 5. The van der Waals surface area contributed by atoms with Crippen LogP contribution in [0.3, 0.4) is 0 Å². The molecule has 0 saturated heterocycles. The smallest absolute Gasteiger partial charge is 0.228 e. The van der Waals surface area contributed by atoms with E-state index in [9.17, 15) is 4.79 Å². The van der Waals surface area contributed by atoms with E-state index in [0.717, 1.165) is 18.6 Å². The van der Waals surface area contributed by atoms with Crippen LogP contribution in [0.2, 0.25) is 0 Å². The van der Waals surface area contributed by atoms with E-state index in [0.29, 0.717) is 28.9 Å². The highest BCUT2D eigenvalue weighted by Gasteiger charge is 2.30. The molecule has 7 heteroatoms. The van der Waals surface area contributed by atoms with Crippen LogP contribution in [0.15, 0.2) is 22.6 Å². The van der Waals surface area contributed by atoms with Crippen molar-refractivity contribution in [2.45, 2.75) is 39.5 Å². The van der Waals surface area contributed by atoms with Crippen molar-refractivity contribution in [3.05, 3.63) is 29.8 Å². The van der Waals surface area contributed by atoms with Crippen LogP contribution in [0.25, 0.3) is 17.2 Å². The van der Waals surface area contributed by atoms with Crippen LogP contribution >= 0.6 is 0 Å². The Bertz CT molecular complexity index is 920. The summed E-state index contributed by atoms with van der Waals surface area (Å²) in [4.78, 5) is 21.0. The third-order valence-corrected chi connectivity index (χ3v) is 4.05. The Kier molecular flexibility index (Phi) is 3.37. The zero-order valence-electron chi connectivity index (χ0n) is 13.9. The Balaban J connectivity index is 1.80. The van der Waals surface area contributed by atoms with E-state index in [2.05, 4.69) is 34.2 Å². The number of nitrogens with zero attached hydrogens (tertiary/aromatic N) is 4. The van der Waals surface area contributed by atoms with E-state index in [1.165, 1.54) is 0 Å². The molecule has 0 unspecified atom stereocenters. The van der Waals surface area contributed by atoms with Gasteiger partial charge in [-0.25, -0.2) is 9.97 Å². The lowest BCUT2D eigenvalue weighted by molar-refractivity contribution is -0.117. The molecule has 3 aromatic heterocycles. The molecule has 0 bridgehead atoms. The molecule has 0 aromatic carbocycles. The molecule has 0 spiro atoms. The van der Waals surface area contributed by atoms with Crippen LogP contribution in [0.5, 0.6) is 0 Å². The second kappa shape index (κ2) is 5.43. The van der Waals surface area contributed by atoms with Crippen LogP contribution in [-0.2, 0) is 4.79 Å². The first-order valence-corrected chi connectivity index (χ1v) is 8.16. The van der Waals surface area contributed by atoms with Crippen molar-refractivity contribution >= 4 is 17.4 Å². The minimum absolute atomic E-state index is 0.0105. The molecule has 7 nitrogen and oxygen atoms in total. The maximum absolute atomic E-state index is 12.0. The molecule has 0 atom stereocenters. The van der Waals surface area contributed by atoms with Gasteiger partial charge in [0.1, 0.15) is 17.4 Å². The molecule has 124 valence electrons. The average Bonchev–Trinajstić information content (AvgIpc) is 3.14. The Morgan fingerprint density at radius 2 is 2.12 bits per heavy atom. The minimum Gasteiger partial charge on any atom is -0.457 e. The van der Waals surface area contributed by atoms with E-state index in [4.69, 9.17) is 4.42 Å². The van der Waals surface area contributed by atoms with Crippen LogP contribution < -0.4 is 5.32 Å². The summed E-state index contributed by atoms with van der Waals surface area (Å²) in [7, 11) is 0. The Hall–Kier alpha value is -2.70. The van der Waals surface area contributed by atoms with Crippen molar-refractivity contribution < 1.29 is 9.21 Å². The molecule has 1 aliphatic carbocycles. The summed E-state index contributed by atoms with van der Waals surface area (Å²) in [5, 5.41) is 7.25. The van der Waals surface area contributed by atoms with Crippen molar-refractivity contribution in [1.29, 1.82) is 0 Å². The van der Waals surface area contributed by atoms with Crippen molar-refractivity contribution in [3.8, 4) is 11.6 Å². The van der Waals surface area contributed by atoms with Crippen molar-refractivity contribution in [1.82, 2.24) is 19.6 Å². The first kappa shape index (κ1) is 14.9. The van der Waals surface area contributed by atoms with Crippen LogP contribution in [0, 0.1) is 12.8 Å². The van der Waals surface area contributed by atoms with Gasteiger partial charge in [-0.1, -0.05) is 13.8 Å². The zero-order valence-corrected chi connectivity index (χ0v) is 13.9. The summed E-state index contributed by atoms with van der Waals surface area (Å²) in [6, 6.07) is 5.55. The summed E-state index contributed by atoms with van der Waals surface area (Å²) in [5.74, 6) is 3.54. The van der Waals surface area contributed by atoms with Crippen LogP contribution in [0.4, 0.5) is 5.82 Å². The van der Waals surface area contributed by atoms with Crippen molar-refractivity contribution in [2.75, 3.05) is 5.32 Å². The maximum atomic E-state index is 12.0. The standard InChI is InChI=1S/C17H19N5O2/c1-9(2)12-6-7-13(24-12)16-19-14(20-17(23)11-4-5-11)8-15-18-10(3)21-22(15)16/h6-9,11H,4-5H2,1-3H3,(H,20,23). The minimum atomic E-state index is 0.0105. The number of fused-ring (bicyclic) bond motifs is 1. The Morgan fingerprint density at radius 3 is 2.79 bits per heavy atom. The van der Waals surface area contributed by atoms with Gasteiger partial charge in [-0.2, -0.15) is 4.52 Å². The Labute approximate surface area is 139 Å². The lowest BCUT2D eigenvalue weighted by Crippen LogP contribution is -2.15. The fourth-order valence-corrected chi connectivity index (χ4v) is 2.58. The average molecular weight is 325 g/mol. The third kappa shape index (κ3) is 2.66. The largest absolute Gasteiger partial charge is 0.457 e. The second-order valence-electron chi connectivity index (χ2n) is 6.51. The van der Waals surface area contributed by atoms with Crippen LogP contribution in [-0.4, -0.2) is 25.5 Å². The number of aromatic nitrogens is 4. The predicted molar refractivity (Wildman–Crippen MR) is 88.7 cm³/mol. The van der Waals surface area contributed by atoms with Crippen molar-refractivity contribution in [2.24, 2.45) is 5.92 Å². The number of anilines is 1. The quantitative estimate of drug-likeness (QED) is 0.796. The molecule has 1 N–H and O–H groups in total. The molecule has 0 aliphatic heterocycles. The number of carbonyl (C=O) groups excluding carboxylic acids is 1. The van der Waals surface area contributed by atoms with Gasteiger partial charge in [-0.3, -0.25) is 4.79 Å². The van der Waals surface area contributed by atoms with Gasteiger partial charge in [0.2, 0.25) is 11.7 Å². The van der Waals surface area contributed by atoms with E-state index >= 15 is 0 Å². The molecule has 1 aliphatic rings. The van der Waals surface area contributed by atoms with Gasteiger partial charge in [0.15, 0.2) is 11.4 Å². The lowest BCUT2D eigenvalue weighted by Gasteiger charge is -2.07. The number of amides is 1. The number of hydrogen-bond donors (Lipinski definition) is 1. The number of carbonyl (C=O) groups is 1. The molecule has 3 aromatic rings. The molecule has 1 fully saturated rings. The molecule has 1 saturated carbocycles. The second-order valence-corrected chi connectivity index (χ2v) is 6.51. The van der Waals surface area contributed by atoms with Gasteiger partial charge < -0.3 is 9.73 Å². The zero-order chi connectivity index (χ0) is 16.8.